The number of benzene rings is 2. The number of hydrogen-bond donors (Lipinski definition) is 1. The Bertz CT molecular complexity index is 1160. The van der Waals surface area contributed by atoms with E-state index in [0.717, 1.165) is 22.0 Å². The Hall–Kier alpha value is -2.52. The smallest absolute Gasteiger partial charge is 0.268 e. The highest BCUT2D eigenvalue weighted by atomic mass is 35.5. The van der Waals surface area contributed by atoms with Crippen LogP contribution in [-0.2, 0) is 17.3 Å². The third-order valence-corrected chi connectivity index (χ3v) is 6.70. The van der Waals surface area contributed by atoms with Gasteiger partial charge in [-0.15, -0.1) is 0 Å². The molecule has 3 aromatic rings. The predicted octanol–water partition coefficient (Wildman–Crippen LogP) is 5.16. The summed E-state index contributed by atoms with van der Waals surface area (Å²) in [6.07, 6.45) is 0.669. The number of nitriles is 1. The molecular formula is C23H21Cl2N3O2. The van der Waals surface area contributed by atoms with Crippen LogP contribution in [0.4, 0.5) is 0 Å². The number of aryl methyl sites for hydroxylation is 1. The molecule has 30 heavy (non-hydrogen) atoms. The maximum Gasteiger partial charge on any atom is 0.268 e. The molecule has 1 aromatic heterocycles. The highest BCUT2D eigenvalue weighted by Gasteiger charge is 2.39. The third kappa shape index (κ3) is 3.45. The van der Waals surface area contributed by atoms with Crippen molar-refractivity contribution < 1.29 is 9.53 Å². The molecule has 0 spiro atoms. The minimum atomic E-state index is -0.622. The largest absolute Gasteiger partial charge is 0.379 e. The summed E-state index contributed by atoms with van der Waals surface area (Å²) in [5.41, 5.74) is 2.61. The van der Waals surface area contributed by atoms with Crippen molar-refractivity contribution in [2.45, 2.75) is 24.8 Å². The molecule has 1 saturated heterocycles. The number of ether oxygens (including phenoxy) is 1. The molecule has 1 aliphatic rings. The Labute approximate surface area is 185 Å². The van der Waals surface area contributed by atoms with Crippen LogP contribution in [0, 0.1) is 11.3 Å². The summed E-state index contributed by atoms with van der Waals surface area (Å²) in [6, 6.07) is 15.4. The van der Waals surface area contributed by atoms with Gasteiger partial charge in [-0.05, 0) is 36.2 Å². The average Bonchev–Trinajstić information content (AvgIpc) is 3.36. The molecule has 2 atom stereocenters. The maximum atomic E-state index is 13.3. The predicted molar refractivity (Wildman–Crippen MR) is 118 cm³/mol. The molecule has 0 bridgehead atoms. The van der Waals surface area contributed by atoms with Crippen LogP contribution in [0.2, 0.25) is 10.0 Å². The minimum absolute atomic E-state index is 0.184. The SMILES string of the molecule is CC(C#N)c1ccc(C2(NC(=O)c3cc4c(Cl)c(Cl)ccc4n3C)CCOC2)cc1. The first-order valence-corrected chi connectivity index (χ1v) is 10.5. The molecule has 5 nitrogen and oxygen atoms in total. The van der Waals surface area contributed by atoms with E-state index in [9.17, 15) is 4.79 Å². The molecule has 1 aliphatic heterocycles. The van der Waals surface area contributed by atoms with Crippen LogP contribution in [0.3, 0.4) is 0 Å². The first kappa shape index (κ1) is 20.7. The van der Waals surface area contributed by atoms with Gasteiger partial charge < -0.3 is 14.6 Å². The Morgan fingerprint density at radius 2 is 2.00 bits per heavy atom. The zero-order valence-electron chi connectivity index (χ0n) is 16.7. The molecule has 0 saturated carbocycles. The highest BCUT2D eigenvalue weighted by molar-refractivity contribution is 6.45. The van der Waals surface area contributed by atoms with Gasteiger partial charge in [0, 0.05) is 31.0 Å². The van der Waals surface area contributed by atoms with Crippen molar-refractivity contribution in [3.05, 3.63) is 69.3 Å². The van der Waals surface area contributed by atoms with Gasteiger partial charge in [-0.1, -0.05) is 47.5 Å². The monoisotopic (exact) mass is 441 g/mol. The van der Waals surface area contributed by atoms with Gasteiger partial charge in [0.2, 0.25) is 0 Å². The van der Waals surface area contributed by atoms with Crippen LogP contribution in [0.15, 0.2) is 42.5 Å². The minimum Gasteiger partial charge on any atom is -0.379 e. The van der Waals surface area contributed by atoms with Crippen molar-refractivity contribution in [3.63, 3.8) is 0 Å². The second kappa shape index (κ2) is 7.96. The Morgan fingerprint density at radius 3 is 2.63 bits per heavy atom. The number of nitrogens with zero attached hydrogens (tertiary/aromatic N) is 2. The molecule has 2 unspecified atom stereocenters. The third-order valence-electron chi connectivity index (χ3n) is 5.88. The van der Waals surface area contributed by atoms with E-state index in [0.29, 0.717) is 35.4 Å². The van der Waals surface area contributed by atoms with Gasteiger partial charge in [-0.3, -0.25) is 4.79 Å². The highest BCUT2D eigenvalue weighted by Crippen LogP contribution is 2.34. The van der Waals surface area contributed by atoms with Crippen molar-refractivity contribution in [2.75, 3.05) is 13.2 Å². The average molecular weight is 442 g/mol. The second-order valence-electron chi connectivity index (χ2n) is 7.69. The van der Waals surface area contributed by atoms with Crippen LogP contribution in [0.25, 0.3) is 10.9 Å². The zero-order valence-corrected chi connectivity index (χ0v) is 18.2. The molecule has 154 valence electrons. The lowest BCUT2D eigenvalue weighted by atomic mass is 9.87. The number of fused-ring (bicyclic) bond motifs is 1. The number of amides is 1. The van der Waals surface area contributed by atoms with E-state index in [-0.39, 0.29) is 11.8 Å². The summed E-state index contributed by atoms with van der Waals surface area (Å²) >= 11 is 12.5. The molecule has 1 amide bonds. The number of rotatable bonds is 4. The molecule has 7 heteroatoms. The van der Waals surface area contributed by atoms with Crippen molar-refractivity contribution in [2.24, 2.45) is 7.05 Å². The van der Waals surface area contributed by atoms with Crippen LogP contribution in [0.1, 0.15) is 40.9 Å². The Kier molecular flexibility index (Phi) is 5.50. The quantitative estimate of drug-likeness (QED) is 0.607. The van der Waals surface area contributed by atoms with E-state index in [4.69, 9.17) is 33.2 Å². The molecule has 0 aliphatic carbocycles. The van der Waals surface area contributed by atoms with E-state index in [1.165, 1.54) is 0 Å². The van der Waals surface area contributed by atoms with Gasteiger partial charge >= 0.3 is 0 Å². The van der Waals surface area contributed by atoms with Gasteiger partial charge in [-0.2, -0.15) is 5.26 Å². The molecule has 0 radical (unpaired) electrons. The molecular weight excluding hydrogens is 421 g/mol. The zero-order chi connectivity index (χ0) is 21.5. The molecule has 1 N–H and O–H groups in total. The fourth-order valence-electron chi connectivity index (χ4n) is 3.98. The summed E-state index contributed by atoms with van der Waals surface area (Å²) < 4.78 is 7.48. The lowest BCUT2D eigenvalue weighted by Gasteiger charge is -2.30. The van der Waals surface area contributed by atoms with Gasteiger partial charge in [0.15, 0.2) is 0 Å². The van der Waals surface area contributed by atoms with E-state index in [1.807, 2.05) is 48.9 Å². The van der Waals surface area contributed by atoms with E-state index >= 15 is 0 Å². The number of nitrogens with one attached hydrogen (secondary N) is 1. The first-order chi connectivity index (χ1) is 14.4. The topological polar surface area (TPSA) is 67.0 Å². The normalized spacial score (nSPS) is 19.6. The second-order valence-corrected chi connectivity index (χ2v) is 8.48. The van der Waals surface area contributed by atoms with Crippen molar-refractivity contribution in [1.82, 2.24) is 9.88 Å². The maximum absolute atomic E-state index is 13.3. The van der Waals surface area contributed by atoms with Crippen LogP contribution >= 0.6 is 23.2 Å². The number of carbonyl (C=O) groups excluding carboxylic acids is 1. The first-order valence-electron chi connectivity index (χ1n) is 9.70. The van der Waals surface area contributed by atoms with E-state index in [1.54, 1.807) is 12.1 Å². The van der Waals surface area contributed by atoms with Crippen LogP contribution in [0.5, 0.6) is 0 Å². The van der Waals surface area contributed by atoms with Gasteiger partial charge in [0.1, 0.15) is 5.69 Å². The number of aromatic nitrogens is 1. The Balaban J connectivity index is 1.68. The summed E-state index contributed by atoms with van der Waals surface area (Å²) in [5, 5.41) is 14.0. The molecule has 1 fully saturated rings. The van der Waals surface area contributed by atoms with E-state index in [2.05, 4.69) is 11.4 Å². The lowest BCUT2D eigenvalue weighted by molar-refractivity contribution is 0.0868. The van der Waals surface area contributed by atoms with Gasteiger partial charge in [-0.25, -0.2) is 0 Å². The molecule has 2 heterocycles. The van der Waals surface area contributed by atoms with Crippen LogP contribution in [-0.4, -0.2) is 23.7 Å². The summed E-state index contributed by atoms with van der Waals surface area (Å²) in [4.78, 5) is 13.3. The fraction of sp³-hybridized carbons (Fsp3) is 0.304. The number of carbonyl (C=O) groups is 1. The van der Waals surface area contributed by atoms with Crippen molar-refractivity contribution in [3.8, 4) is 6.07 Å². The number of halogens is 2. The summed E-state index contributed by atoms with van der Waals surface area (Å²) in [7, 11) is 1.83. The Morgan fingerprint density at radius 1 is 1.27 bits per heavy atom. The van der Waals surface area contributed by atoms with Crippen molar-refractivity contribution in [1.29, 1.82) is 5.26 Å². The lowest BCUT2D eigenvalue weighted by Crippen LogP contribution is -2.47. The van der Waals surface area contributed by atoms with Crippen LogP contribution < -0.4 is 5.32 Å². The van der Waals surface area contributed by atoms with E-state index < -0.39 is 5.54 Å². The fourth-order valence-corrected chi connectivity index (χ4v) is 4.36. The van der Waals surface area contributed by atoms with Crippen molar-refractivity contribution >= 4 is 40.0 Å². The molecule has 4 rings (SSSR count). The standard InChI is InChI=1S/C23H21Cl2N3O2/c1-14(12-26)15-3-5-16(6-4-15)23(9-10-30-13-23)27-22(29)20-11-17-19(28(20)2)8-7-18(24)21(17)25/h3-8,11,14H,9-10,13H2,1-2H3,(H,27,29). The van der Waals surface area contributed by atoms with Gasteiger partial charge in [0.05, 0.1) is 34.2 Å². The summed E-state index contributed by atoms with van der Waals surface area (Å²) in [6.45, 7) is 2.82. The summed E-state index contributed by atoms with van der Waals surface area (Å²) in [5.74, 6) is -0.391. The molecule has 2 aromatic carbocycles. The van der Waals surface area contributed by atoms with Gasteiger partial charge in [0.25, 0.3) is 5.91 Å². The number of hydrogen-bond acceptors (Lipinski definition) is 3.